The Labute approximate surface area is 169 Å². The van der Waals surface area contributed by atoms with Crippen molar-refractivity contribution in [1.82, 2.24) is 9.55 Å². The van der Waals surface area contributed by atoms with Gasteiger partial charge in [-0.2, -0.15) is 0 Å². The van der Waals surface area contributed by atoms with Gasteiger partial charge in [0.15, 0.2) is 0 Å². The molecule has 0 unspecified atom stereocenters. The summed E-state index contributed by atoms with van der Waals surface area (Å²) in [4.78, 5) is 17.8. The van der Waals surface area contributed by atoms with Gasteiger partial charge in [-0.15, -0.1) is 0 Å². The normalized spacial score (nSPS) is 13.5. The topological polar surface area (TPSA) is 56.1 Å². The highest BCUT2D eigenvalue weighted by molar-refractivity contribution is 6.30. The largest absolute Gasteiger partial charge is 0.497 e. The molecule has 4 rings (SSSR count). The molecule has 0 spiro atoms. The zero-order valence-corrected chi connectivity index (χ0v) is 16.5. The highest BCUT2D eigenvalue weighted by Gasteiger charge is 2.24. The van der Waals surface area contributed by atoms with E-state index in [4.69, 9.17) is 21.3 Å². The van der Waals surface area contributed by atoms with E-state index in [-0.39, 0.29) is 5.91 Å². The molecular formula is C22H22ClN3O2. The summed E-state index contributed by atoms with van der Waals surface area (Å²) in [7, 11) is 1.62. The average Bonchev–Trinajstić information content (AvgIpc) is 2.90. The van der Waals surface area contributed by atoms with Crippen molar-refractivity contribution in [2.45, 2.75) is 32.2 Å². The Morgan fingerprint density at radius 3 is 2.54 bits per heavy atom. The fourth-order valence-electron chi connectivity index (χ4n) is 3.59. The van der Waals surface area contributed by atoms with E-state index < -0.39 is 0 Å². The minimum atomic E-state index is -0.184. The van der Waals surface area contributed by atoms with Crippen molar-refractivity contribution in [2.75, 3.05) is 12.4 Å². The highest BCUT2D eigenvalue weighted by atomic mass is 35.5. The molecule has 0 bridgehead atoms. The maximum atomic E-state index is 13.0. The van der Waals surface area contributed by atoms with Crippen LogP contribution >= 0.6 is 11.6 Å². The summed E-state index contributed by atoms with van der Waals surface area (Å²) < 4.78 is 7.36. The van der Waals surface area contributed by atoms with Crippen molar-refractivity contribution in [2.24, 2.45) is 0 Å². The molecule has 5 nitrogen and oxygen atoms in total. The number of carbonyl (C=O) groups is 1. The fourth-order valence-corrected chi connectivity index (χ4v) is 3.71. The van der Waals surface area contributed by atoms with Crippen molar-refractivity contribution in [1.29, 1.82) is 0 Å². The molecule has 0 radical (unpaired) electrons. The van der Waals surface area contributed by atoms with Gasteiger partial charge in [0.05, 0.1) is 12.8 Å². The van der Waals surface area contributed by atoms with Crippen LogP contribution in [0, 0.1) is 0 Å². The summed E-state index contributed by atoms with van der Waals surface area (Å²) in [6.07, 6.45) is 4.16. The second kappa shape index (κ2) is 8.07. The molecule has 0 saturated carbocycles. The van der Waals surface area contributed by atoms with Crippen LogP contribution in [0.15, 0.2) is 48.5 Å². The minimum absolute atomic E-state index is 0.184. The van der Waals surface area contributed by atoms with Gasteiger partial charge in [0.1, 0.15) is 17.3 Å². The molecule has 1 aliphatic rings. The molecule has 0 atom stereocenters. The Kier molecular flexibility index (Phi) is 5.35. The standard InChI is InChI=1S/C22H22ClN3O2/c1-28-18-12-10-17(11-13-18)24-22(27)20-19-5-3-2-4-14-26(19)21(25-20)15-6-8-16(23)9-7-15/h6-13H,2-5,14H2,1H3,(H,24,27). The van der Waals surface area contributed by atoms with Crippen LogP contribution in [0.25, 0.3) is 11.4 Å². The van der Waals surface area contributed by atoms with E-state index in [1.807, 2.05) is 48.5 Å². The lowest BCUT2D eigenvalue weighted by molar-refractivity contribution is 0.102. The molecule has 0 fully saturated rings. The van der Waals surface area contributed by atoms with Gasteiger partial charge in [0.2, 0.25) is 0 Å². The van der Waals surface area contributed by atoms with E-state index in [0.29, 0.717) is 16.4 Å². The third-order valence-electron chi connectivity index (χ3n) is 5.03. The van der Waals surface area contributed by atoms with Crippen molar-refractivity contribution >= 4 is 23.2 Å². The lowest BCUT2D eigenvalue weighted by atomic mass is 10.1. The number of hydrogen-bond acceptors (Lipinski definition) is 3. The summed E-state index contributed by atoms with van der Waals surface area (Å²) in [6.45, 7) is 0.871. The van der Waals surface area contributed by atoms with Crippen molar-refractivity contribution in [3.63, 3.8) is 0 Å². The van der Waals surface area contributed by atoms with Gasteiger partial charge in [-0.1, -0.05) is 18.0 Å². The first-order valence-electron chi connectivity index (χ1n) is 9.46. The van der Waals surface area contributed by atoms with Gasteiger partial charge in [-0.05, 0) is 67.8 Å². The van der Waals surface area contributed by atoms with Gasteiger partial charge in [-0.3, -0.25) is 4.79 Å². The molecule has 1 N–H and O–H groups in total. The smallest absolute Gasteiger partial charge is 0.276 e. The molecule has 0 saturated heterocycles. The van der Waals surface area contributed by atoms with Gasteiger partial charge < -0.3 is 14.6 Å². The first-order valence-corrected chi connectivity index (χ1v) is 9.84. The Hall–Kier alpha value is -2.79. The predicted molar refractivity (Wildman–Crippen MR) is 111 cm³/mol. The maximum Gasteiger partial charge on any atom is 0.276 e. The van der Waals surface area contributed by atoms with Crippen LogP contribution < -0.4 is 10.1 Å². The fraction of sp³-hybridized carbons (Fsp3) is 0.273. The molecule has 28 heavy (non-hydrogen) atoms. The van der Waals surface area contributed by atoms with E-state index in [2.05, 4.69) is 9.88 Å². The number of benzene rings is 2. The first-order chi connectivity index (χ1) is 13.7. The number of anilines is 1. The van der Waals surface area contributed by atoms with Gasteiger partial charge in [-0.25, -0.2) is 4.98 Å². The Balaban J connectivity index is 1.69. The van der Waals surface area contributed by atoms with Gasteiger partial charge in [0.25, 0.3) is 5.91 Å². The van der Waals surface area contributed by atoms with Crippen LogP contribution in [-0.4, -0.2) is 22.6 Å². The number of fused-ring (bicyclic) bond motifs is 1. The zero-order valence-electron chi connectivity index (χ0n) is 15.7. The highest BCUT2D eigenvalue weighted by Crippen LogP contribution is 2.28. The first kappa shape index (κ1) is 18.6. The lowest BCUT2D eigenvalue weighted by Gasteiger charge is -2.09. The molecule has 1 aliphatic heterocycles. The van der Waals surface area contributed by atoms with E-state index >= 15 is 0 Å². The summed E-state index contributed by atoms with van der Waals surface area (Å²) in [5.74, 6) is 1.39. The quantitative estimate of drug-likeness (QED) is 0.661. The number of rotatable bonds is 4. The number of nitrogens with zero attached hydrogens (tertiary/aromatic N) is 2. The maximum absolute atomic E-state index is 13.0. The van der Waals surface area contributed by atoms with Crippen LogP contribution in [0.5, 0.6) is 5.75 Å². The van der Waals surface area contributed by atoms with Crippen LogP contribution in [-0.2, 0) is 13.0 Å². The van der Waals surface area contributed by atoms with Gasteiger partial charge in [0, 0.05) is 22.8 Å². The number of aromatic nitrogens is 2. The van der Waals surface area contributed by atoms with Crippen LogP contribution in [0.2, 0.25) is 5.02 Å². The Bertz CT molecular complexity index is 978. The number of hydrogen-bond donors (Lipinski definition) is 1. The summed E-state index contributed by atoms with van der Waals surface area (Å²) in [5.41, 5.74) is 3.20. The van der Waals surface area contributed by atoms with E-state index in [1.54, 1.807) is 7.11 Å². The van der Waals surface area contributed by atoms with E-state index in [9.17, 15) is 4.79 Å². The monoisotopic (exact) mass is 395 g/mol. The molecular weight excluding hydrogens is 374 g/mol. The van der Waals surface area contributed by atoms with Crippen molar-refractivity contribution < 1.29 is 9.53 Å². The number of methoxy groups -OCH3 is 1. The van der Waals surface area contributed by atoms with Crippen LogP contribution in [0.3, 0.4) is 0 Å². The number of ether oxygens (including phenoxy) is 1. The van der Waals surface area contributed by atoms with Crippen LogP contribution in [0.4, 0.5) is 5.69 Å². The zero-order chi connectivity index (χ0) is 19.5. The van der Waals surface area contributed by atoms with Crippen molar-refractivity contribution in [3.05, 3.63) is 64.9 Å². The third kappa shape index (κ3) is 3.76. The molecule has 1 amide bonds. The number of nitrogens with one attached hydrogen (secondary N) is 1. The minimum Gasteiger partial charge on any atom is -0.497 e. The molecule has 144 valence electrons. The Morgan fingerprint density at radius 1 is 1.07 bits per heavy atom. The molecule has 3 aromatic rings. The van der Waals surface area contributed by atoms with Crippen molar-refractivity contribution in [3.8, 4) is 17.1 Å². The molecule has 1 aromatic heterocycles. The summed E-state index contributed by atoms with van der Waals surface area (Å²) in [5, 5.41) is 3.65. The van der Waals surface area contributed by atoms with Crippen LogP contribution in [0.1, 0.15) is 35.4 Å². The lowest BCUT2D eigenvalue weighted by Crippen LogP contribution is -2.15. The second-order valence-corrected chi connectivity index (χ2v) is 7.32. The summed E-state index contributed by atoms with van der Waals surface area (Å²) in [6, 6.07) is 14.9. The number of amides is 1. The Morgan fingerprint density at radius 2 is 1.82 bits per heavy atom. The predicted octanol–water partition coefficient (Wildman–Crippen LogP) is 5.19. The number of halogens is 1. The molecule has 2 heterocycles. The summed E-state index contributed by atoms with van der Waals surface area (Å²) >= 11 is 6.04. The SMILES string of the molecule is COc1ccc(NC(=O)c2nc(-c3ccc(Cl)cc3)n3c2CCCCC3)cc1. The van der Waals surface area contributed by atoms with E-state index in [1.165, 1.54) is 0 Å². The van der Waals surface area contributed by atoms with Gasteiger partial charge >= 0.3 is 0 Å². The number of imidazole rings is 1. The number of carbonyl (C=O) groups excluding carboxylic acids is 1. The molecule has 2 aromatic carbocycles. The average molecular weight is 396 g/mol. The second-order valence-electron chi connectivity index (χ2n) is 6.88. The third-order valence-corrected chi connectivity index (χ3v) is 5.29. The molecule has 0 aliphatic carbocycles. The molecule has 6 heteroatoms. The van der Waals surface area contributed by atoms with E-state index in [0.717, 1.165) is 55.1 Å².